The van der Waals surface area contributed by atoms with E-state index in [1.165, 1.54) is 43.4 Å². The van der Waals surface area contributed by atoms with Crippen molar-refractivity contribution in [3.63, 3.8) is 0 Å². The van der Waals surface area contributed by atoms with E-state index in [1.807, 2.05) is 12.1 Å². The van der Waals surface area contributed by atoms with Crippen molar-refractivity contribution in [2.75, 3.05) is 18.0 Å². The lowest BCUT2D eigenvalue weighted by atomic mass is 10.1. The van der Waals surface area contributed by atoms with E-state index >= 15 is 0 Å². The SMILES string of the molecule is Cc1cc(N=Cc2c(O)[nH]c3cccc(C)c23)ccc1N1CCCCCCC1. The summed E-state index contributed by atoms with van der Waals surface area (Å²) in [5.74, 6) is 0.169. The summed E-state index contributed by atoms with van der Waals surface area (Å²) in [5, 5.41) is 11.3. The molecule has 4 nitrogen and oxygen atoms in total. The maximum Gasteiger partial charge on any atom is 0.198 e. The molecule has 0 saturated carbocycles. The van der Waals surface area contributed by atoms with Crippen LogP contribution in [0.5, 0.6) is 5.88 Å². The average molecular weight is 376 g/mol. The van der Waals surface area contributed by atoms with Crippen molar-refractivity contribution in [2.45, 2.75) is 46.0 Å². The molecule has 4 rings (SSSR count). The monoisotopic (exact) mass is 375 g/mol. The Balaban J connectivity index is 1.59. The molecule has 4 heteroatoms. The number of aliphatic imine (C=N–C) groups is 1. The van der Waals surface area contributed by atoms with Crippen LogP contribution in [0.15, 0.2) is 41.4 Å². The van der Waals surface area contributed by atoms with Crippen molar-refractivity contribution < 1.29 is 5.11 Å². The molecule has 0 atom stereocenters. The first-order chi connectivity index (χ1) is 13.6. The predicted octanol–water partition coefficient (Wildman–Crippen LogP) is 6.01. The van der Waals surface area contributed by atoms with Crippen LogP contribution >= 0.6 is 0 Å². The van der Waals surface area contributed by atoms with Gasteiger partial charge in [0.05, 0.1) is 11.3 Å². The quantitative estimate of drug-likeness (QED) is 0.551. The summed E-state index contributed by atoms with van der Waals surface area (Å²) in [6.07, 6.45) is 8.38. The lowest BCUT2D eigenvalue weighted by molar-refractivity contribution is 0.457. The Morgan fingerprint density at radius 1 is 0.964 bits per heavy atom. The zero-order chi connectivity index (χ0) is 19.5. The van der Waals surface area contributed by atoms with Crippen LogP contribution in [-0.2, 0) is 0 Å². The van der Waals surface area contributed by atoms with Crippen molar-refractivity contribution in [3.8, 4) is 5.88 Å². The Labute approximate surface area is 166 Å². The number of rotatable bonds is 3. The number of anilines is 1. The molecule has 3 aromatic rings. The molecule has 0 radical (unpaired) electrons. The first-order valence-electron chi connectivity index (χ1n) is 10.3. The largest absolute Gasteiger partial charge is 0.494 e. The summed E-state index contributed by atoms with van der Waals surface area (Å²) in [6, 6.07) is 12.4. The molecule has 0 aliphatic carbocycles. The second-order valence-electron chi connectivity index (χ2n) is 7.87. The molecule has 1 aliphatic rings. The van der Waals surface area contributed by atoms with E-state index in [1.54, 1.807) is 6.21 Å². The molecule has 0 amide bonds. The molecule has 146 valence electrons. The minimum Gasteiger partial charge on any atom is -0.494 e. The van der Waals surface area contributed by atoms with Crippen LogP contribution in [0.3, 0.4) is 0 Å². The van der Waals surface area contributed by atoms with Crippen LogP contribution in [0.4, 0.5) is 11.4 Å². The summed E-state index contributed by atoms with van der Waals surface area (Å²) < 4.78 is 0. The second kappa shape index (κ2) is 8.09. The third-order valence-corrected chi connectivity index (χ3v) is 5.77. The van der Waals surface area contributed by atoms with Gasteiger partial charge in [-0.25, -0.2) is 0 Å². The molecule has 28 heavy (non-hydrogen) atoms. The smallest absolute Gasteiger partial charge is 0.198 e. The van der Waals surface area contributed by atoms with Gasteiger partial charge in [-0.2, -0.15) is 0 Å². The van der Waals surface area contributed by atoms with E-state index in [0.29, 0.717) is 0 Å². The lowest BCUT2D eigenvalue weighted by Gasteiger charge is -2.28. The number of aromatic amines is 1. The van der Waals surface area contributed by atoms with Crippen molar-refractivity contribution in [1.29, 1.82) is 0 Å². The number of nitrogens with zero attached hydrogens (tertiary/aromatic N) is 2. The molecule has 1 fully saturated rings. The van der Waals surface area contributed by atoms with Gasteiger partial charge in [0.2, 0.25) is 0 Å². The van der Waals surface area contributed by atoms with Gasteiger partial charge < -0.3 is 15.0 Å². The molecule has 0 unspecified atom stereocenters. The third-order valence-electron chi connectivity index (χ3n) is 5.77. The number of hydrogen-bond acceptors (Lipinski definition) is 3. The van der Waals surface area contributed by atoms with Crippen molar-refractivity contribution in [1.82, 2.24) is 4.98 Å². The number of aryl methyl sites for hydroxylation is 2. The first-order valence-corrected chi connectivity index (χ1v) is 10.3. The molecule has 1 aromatic heterocycles. The topological polar surface area (TPSA) is 51.6 Å². The number of aromatic hydroxyl groups is 1. The maximum absolute atomic E-state index is 10.3. The van der Waals surface area contributed by atoms with Crippen LogP contribution in [0.1, 0.15) is 48.8 Å². The lowest BCUT2D eigenvalue weighted by Crippen LogP contribution is -2.27. The Hall–Kier alpha value is -2.75. The van der Waals surface area contributed by atoms with Crippen molar-refractivity contribution in [3.05, 3.63) is 53.1 Å². The summed E-state index contributed by atoms with van der Waals surface area (Å²) in [4.78, 5) is 10.2. The number of nitrogens with one attached hydrogen (secondary N) is 1. The van der Waals surface area contributed by atoms with E-state index in [-0.39, 0.29) is 5.88 Å². The minimum atomic E-state index is 0.169. The number of benzene rings is 2. The van der Waals surface area contributed by atoms with Gasteiger partial charge in [-0.3, -0.25) is 4.99 Å². The fourth-order valence-electron chi connectivity index (χ4n) is 4.27. The standard InChI is InChI=1S/C24H29N3O/c1-17-9-8-10-21-23(17)20(24(28)26-21)16-25-19-11-12-22(18(2)15-19)27-13-6-4-3-5-7-14-27/h8-12,15-16,26,28H,3-7,13-14H2,1-2H3. The van der Waals surface area contributed by atoms with Crippen molar-refractivity contribution >= 4 is 28.5 Å². The normalized spacial score (nSPS) is 15.9. The molecular weight excluding hydrogens is 346 g/mol. The minimum absolute atomic E-state index is 0.169. The zero-order valence-electron chi connectivity index (χ0n) is 16.8. The van der Waals surface area contributed by atoms with Gasteiger partial charge in [0, 0.05) is 35.9 Å². The number of aromatic nitrogens is 1. The van der Waals surface area contributed by atoms with Crippen LogP contribution in [0.2, 0.25) is 0 Å². The molecule has 2 aromatic carbocycles. The summed E-state index contributed by atoms with van der Waals surface area (Å²) >= 11 is 0. The number of hydrogen-bond donors (Lipinski definition) is 2. The second-order valence-corrected chi connectivity index (χ2v) is 7.87. The Morgan fingerprint density at radius 2 is 1.71 bits per heavy atom. The Kier molecular flexibility index (Phi) is 5.38. The van der Waals surface area contributed by atoms with Gasteiger partial charge >= 0.3 is 0 Å². The molecule has 1 aliphatic heterocycles. The summed E-state index contributed by atoms with van der Waals surface area (Å²) in [6.45, 7) is 6.51. The summed E-state index contributed by atoms with van der Waals surface area (Å²) in [5.41, 5.74) is 6.30. The van der Waals surface area contributed by atoms with E-state index < -0.39 is 0 Å². The van der Waals surface area contributed by atoms with Crippen LogP contribution in [0.25, 0.3) is 10.9 Å². The molecule has 1 saturated heterocycles. The maximum atomic E-state index is 10.3. The zero-order valence-corrected chi connectivity index (χ0v) is 16.8. The van der Waals surface area contributed by atoms with Gasteiger partial charge in [-0.05, 0) is 62.1 Å². The molecule has 0 spiro atoms. The van der Waals surface area contributed by atoms with Gasteiger partial charge in [0.25, 0.3) is 0 Å². The Bertz CT molecular complexity index is 994. The predicted molar refractivity (Wildman–Crippen MR) is 118 cm³/mol. The van der Waals surface area contributed by atoms with E-state index in [4.69, 9.17) is 0 Å². The van der Waals surface area contributed by atoms with Gasteiger partial charge in [-0.1, -0.05) is 31.4 Å². The van der Waals surface area contributed by atoms with Crippen LogP contribution in [-0.4, -0.2) is 29.4 Å². The Morgan fingerprint density at radius 3 is 2.46 bits per heavy atom. The van der Waals surface area contributed by atoms with Gasteiger partial charge in [0.1, 0.15) is 0 Å². The van der Waals surface area contributed by atoms with Gasteiger partial charge in [0.15, 0.2) is 5.88 Å². The molecular formula is C24H29N3O. The van der Waals surface area contributed by atoms with E-state index in [9.17, 15) is 5.11 Å². The highest BCUT2D eigenvalue weighted by molar-refractivity contribution is 6.04. The van der Waals surface area contributed by atoms with Crippen LogP contribution < -0.4 is 4.90 Å². The first kappa shape index (κ1) is 18.6. The number of fused-ring (bicyclic) bond motifs is 1. The summed E-state index contributed by atoms with van der Waals surface area (Å²) in [7, 11) is 0. The third kappa shape index (κ3) is 3.77. The number of H-pyrrole nitrogens is 1. The highest BCUT2D eigenvalue weighted by Gasteiger charge is 2.13. The van der Waals surface area contributed by atoms with Crippen molar-refractivity contribution in [2.24, 2.45) is 4.99 Å². The fraction of sp³-hybridized carbons (Fsp3) is 0.375. The van der Waals surface area contributed by atoms with Crippen LogP contribution in [0, 0.1) is 13.8 Å². The highest BCUT2D eigenvalue weighted by Crippen LogP contribution is 2.30. The highest BCUT2D eigenvalue weighted by atomic mass is 16.3. The molecule has 0 bridgehead atoms. The van der Waals surface area contributed by atoms with Gasteiger partial charge in [-0.15, -0.1) is 0 Å². The molecule has 2 N–H and O–H groups in total. The van der Waals surface area contributed by atoms with E-state index in [0.717, 1.165) is 40.8 Å². The van der Waals surface area contributed by atoms with E-state index in [2.05, 4.69) is 53.0 Å². The average Bonchev–Trinajstić information content (AvgIpc) is 2.97. The molecule has 2 heterocycles. The fourth-order valence-corrected chi connectivity index (χ4v) is 4.27.